The molecular formula is C21H27N3. The summed E-state index contributed by atoms with van der Waals surface area (Å²) in [6.07, 6.45) is 9.23. The van der Waals surface area contributed by atoms with Crippen LogP contribution in [-0.4, -0.2) is 40.0 Å². The highest BCUT2D eigenvalue weighted by atomic mass is 15.3. The summed E-state index contributed by atoms with van der Waals surface area (Å²) < 4.78 is 0. The van der Waals surface area contributed by atoms with E-state index in [9.17, 15) is 0 Å². The molecule has 3 heterocycles. The van der Waals surface area contributed by atoms with Gasteiger partial charge < -0.3 is 0 Å². The first-order chi connectivity index (χ1) is 11.8. The van der Waals surface area contributed by atoms with Crippen LogP contribution in [0.25, 0.3) is 0 Å². The van der Waals surface area contributed by atoms with Crippen molar-refractivity contribution in [2.75, 3.05) is 19.6 Å². The largest absolute Gasteiger partial charge is 0.297 e. The van der Waals surface area contributed by atoms with Gasteiger partial charge in [0.2, 0.25) is 0 Å². The summed E-state index contributed by atoms with van der Waals surface area (Å²) in [5.74, 6) is 0. The van der Waals surface area contributed by atoms with E-state index < -0.39 is 0 Å². The zero-order chi connectivity index (χ0) is 16.2. The van der Waals surface area contributed by atoms with Crippen LogP contribution in [0.15, 0.2) is 54.9 Å². The normalized spacial score (nSPS) is 25.3. The van der Waals surface area contributed by atoms with Crippen molar-refractivity contribution in [3.8, 4) is 0 Å². The molecule has 1 atom stereocenters. The van der Waals surface area contributed by atoms with Gasteiger partial charge in [-0.2, -0.15) is 0 Å². The Morgan fingerprint density at radius 1 is 0.875 bits per heavy atom. The van der Waals surface area contributed by atoms with Gasteiger partial charge in [0.05, 0.1) is 0 Å². The fraction of sp³-hybridized carbons (Fsp3) is 0.476. The van der Waals surface area contributed by atoms with E-state index >= 15 is 0 Å². The van der Waals surface area contributed by atoms with E-state index in [1.807, 2.05) is 12.4 Å². The van der Waals surface area contributed by atoms with Crippen molar-refractivity contribution in [3.05, 3.63) is 66.0 Å². The number of pyridine rings is 1. The molecule has 1 aromatic heterocycles. The molecule has 1 spiro atoms. The number of piperidine rings is 1. The molecule has 0 amide bonds. The predicted molar refractivity (Wildman–Crippen MR) is 97.6 cm³/mol. The topological polar surface area (TPSA) is 19.4 Å². The highest BCUT2D eigenvalue weighted by Crippen LogP contribution is 2.38. The van der Waals surface area contributed by atoms with Gasteiger partial charge >= 0.3 is 0 Å². The van der Waals surface area contributed by atoms with Crippen LogP contribution in [0.4, 0.5) is 0 Å². The second-order valence-corrected chi connectivity index (χ2v) is 7.41. The minimum atomic E-state index is 0.378. The Kier molecular flexibility index (Phi) is 4.63. The number of hydrogen-bond donors (Lipinski definition) is 0. The molecule has 0 saturated carbocycles. The minimum Gasteiger partial charge on any atom is -0.297 e. The second-order valence-electron chi connectivity index (χ2n) is 7.41. The molecule has 126 valence electrons. The van der Waals surface area contributed by atoms with Crippen LogP contribution in [-0.2, 0) is 13.1 Å². The average molecular weight is 321 g/mol. The first-order valence-electron chi connectivity index (χ1n) is 9.24. The lowest BCUT2D eigenvalue weighted by atomic mass is 9.86. The Bertz CT molecular complexity index is 643. The molecule has 0 bridgehead atoms. The lowest BCUT2D eigenvalue weighted by Crippen LogP contribution is -2.55. The lowest BCUT2D eigenvalue weighted by Gasteiger charge is -2.46. The Labute approximate surface area is 145 Å². The van der Waals surface area contributed by atoms with Gasteiger partial charge in [0, 0.05) is 37.6 Å². The summed E-state index contributed by atoms with van der Waals surface area (Å²) in [6.45, 7) is 5.81. The zero-order valence-electron chi connectivity index (χ0n) is 14.4. The molecule has 4 rings (SSSR count). The van der Waals surface area contributed by atoms with Gasteiger partial charge in [0.15, 0.2) is 0 Å². The molecule has 2 saturated heterocycles. The Balaban J connectivity index is 1.46. The Hall–Kier alpha value is -1.71. The minimum absolute atomic E-state index is 0.378. The quantitative estimate of drug-likeness (QED) is 0.856. The number of aromatic nitrogens is 1. The molecule has 2 aliphatic rings. The van der Waals surface area contributed by atoms with Crippen LogP contribution in [0.5, 0.6) is 0 Å². The molecule has 0 N–H and O–H groups in total. The Morgan fingerprint density at radius 2 is 1.67 bits per heavy atom. The summed E-state index contributed by atoms with van der Waals surface area (Å²) in [7, 11) is 0. The van der Waals surface area contributed by atoms with Crippen molar-refractivity contribution in [2.24, 2.45) is 0 Å². The molecule has 0 unspecified atom stereocenters. The maximum atomic E-state index is 4.29. The third-order valence-corrected chi connectivity index (χ3v) is 5.72. The molecule has 3 nitrogen and oxygen atoms in total. The first-order valence-corrected chi connectivity index (χ1v) is 9.24. The molecule has 2 aromatic rings. The van der Waals surface area contributed by atoms with Gasteiger partial charge in [0.25, 0.3) is 0 Å². The van der Waals surface area contributed by atoms with E-state index in [1.54, 1.807) is 0 Å². The van der Waals surface area contributed by atoms with Crippen molar-refractivity contribution in [1.82, 2.24) is 14.8 Å². The number of benzene rings is 1. The molecule has 24 heavy (non-hydrogen) atoms. The fourth-order valence-electron chi connectivity index (χ4n) is 4.60. The van der Waals surface area contributed by atoms with E-state index in [-0.39, 0.29) is 0 Å². The standard InChI is InChI=1S/C21H27N3/c1-2-7-19(8-3-1)16-23-13-5-10-21(18-23)11-6-14-24(21)17-20-9-4-12-22-15-20/h1-4,7-9,12,15H,5-6,10-11,13-14,16-18H2/t21-/m1/s1. The van der Waals surface area contributed by atoms with Gasteiger partial charge in [-0.15, -0.1) is 0 Å². The van der Waals surface area contributed by atoms with Gasteiger partial charge in [-0.3, -0.25) is 14.8 Å². The van der Waals surface area contributed by atoms with Crippen LogP contribution < -0.4 is 0 Å². The average Bonchev–Trinajstić information content (AvgIpc) is 2.98. The van der Waals surface area contributed by atoms with E-state index in [1.165, 1.54) is 56.4 Å². The second kappa shape index (κ2) is 7.04. The predicted octanol–water partition coefficient (Wildman–Crippen LogP) is 3.71. The molecule has 0 aliphatic carbocycles. The highest BCUT2D eigenvalue weighted by molar-refractivity contribution is 5.15. The fourth-order valence-corrected chi connectivity index (χ4v) is 4.60. The number of likely N-dealkylation sites (tertiary alicyclic amines) is 2. The Morgan fingerprint density at radius 3 is 2.46 bits per heavy atom. The molecule has 2 aliphatic heterocycles. The van der Waals surface area contributed by atoms with Gasteiger partial charge in [-0.05, 0) is 56.0 Å². The smallest absolute Gasteiger partial charge is 0.0341 e. The number of rotatable bonds is 4. The summed E-state index contributed by atoms with van der Waals surface area (Å²) in [5, 5.41) is 0. The van der Waals surface area contributed by atoms with E-state index in [4.69, 9.17) is 0 Å². The maximum absolute atomic E-state index is 4.29. The highest BCUT2D eigenvalue weighted by Gasteiger charge is 2.43. The van der Waals surface area contributed by atoms with Crippen LogP contribution in [0, 0.1) is 0 Å². The van der Waals surface area contributed by atoms with E-state index in [0.29, 0.717) is 5.54 Å². The summed E-state index contributed by atoms with van der Waals surface area (Å²) >= 11 is 0. The van der Waals surface area contributed by atoms with E-state index in [2.05, 4.69) is 57.2 Å². The summed E-state index contributed by atoms with van der Waals surface area (Å²) in [4.78, 5) is 9.70. The maximum Gasteiger partial charge on any atom is 0.0341 e. The molecular weight excluding hydrogens is 294 g/mol. The van der Waals surface area contributed by atoms with Crippen molar-refractivity contribution in [3.63, 3.8) is 0 Å². The van der Waals surface area contributed by atoms with Crippen LogP contribution in [0.1, 0.15) is 36.8 Å². The van der Waals surface area contributed by atoms with Crippen molar-refractivity contribution in [2.45, 2.75) is 44.3 Å². The van der Waals surface area contributed by atoms with E-state index in [0.717, 1.165) is 13.1 Å². The first kappa shape index (κ1) is 15.8. The van der Waals surface area contributed by atoms with Crippen LogP contribution >= 0.6 is 0 Å². The number of hydrogen-bond acceptors (Lipinski definition) is 3. The lowest BCUT2D eigenvalue weighted by molar-refractivity contribution is 0.0328. The van der Waals surface area contributed by atoms with Gasteiger partial charge in [0.1, 0.15) is 0 Å². The zero-order valence-corrected chi connectivity index (χ0v) is 14.4. The van der Waals surface area contributed by atoms with Gasteiger partial charge in [-0.25, -0.2) is 0 Å². The van der Waals surface area contributed by atoms with Crippen molar-refractivity contribution < 1.29 is 0 Å². The monoisotopic (exact) mass is 321 g/mol. The van der Waals surface area contributed by atoms with Crippen molar-refractivity contribution >= 4 is 0 Å². The molecule has 3 heteroatoms. The van der Waals surface area contributed by atoms with Crippen LogP contribution in [0.2, 0.25) is 0 Å². The SMILES string of the molecule is c1ccc(CN2CCC[C@@]3(CCCN3Cc3cccnc3)C2)cc1. The number of nitrogens with zero attached hydrogens (tertiary/aromatic N) is 3. The molecule has 2 fully saturated rings. The third-order valence-electron chi connectivity index (χ3n) is 5.72. The third kappa shape index (κ3) is 3.38. The molecule has 1 aromatic carbocycles. The van der Waals surface area contributed by atoms with Crippen LogP contribution in [0.3, 0.4) is 0 Å². The summed E-state index contributed by atoms with van der Waals surface area (Å²) in [5.41, 5.74) is 3.16. The van der Waals surface area contributed by atoms with Crippen molar-refractivity contribution in [1.29, 1.82) is 0 Å². The van der Waals surface area contributed by atoms with Gasteiger partial charge in [-0.1, -0.05) is 36.4 Å². The molecule has 0 radical (unpaired) electrons. The summed E-state index contributed by atoms with van der Waals surface area (Å²) in [6, 6.07) is 15.2.